The number of carbonyl (C=O) groups excluding carboxylic acids is 1. The summed E-state index contributed by atoms with van der Waals surface area (Å²) in [4.78, 5) is 13.2. The van der Waals surface area contributed by atoms with E-state index in [0.29, 0.717) is 36.8 Å². The number of sulfonamides is 2. The Bertz CT molecular complexity index is 1290. The van der Waals surface area contributed by atoms with Crippen LogP contribution in [0.3, 0.4) is 0 Å². The molecule has 10 heteroatoms. The van der Waals surface area contributed by atoms with Gasteiger partial charge >= 0.3 is 0 Å². The van der Waals surface area contributed by atoms with Gasteiger partial charge < -0.3 is 5.32 Å². The van der Waals surface area contributed by atoms with E-state index in [4.69, 9.17) is 0 Å². The van der Waals surface area contributed by atoms with Gasteiger partial charge in [-0.3, -0.25) is 4.79 Å². The Morgan fingerprint density at radius 3 is 2.33 bits per heavy atom. The van der Waals surface area contributed by atoms with E-state index < -0.39 is 20.0 Å². The second kappa shape index (κ2) is 11.0. The van der Waals surface area contributed by atoms with Gasteiger partial charge in [0.2, 0.25) is 20.0 Å². The highest BCUT2D eigenvalue weighted by Gasteiger charge is 2.31. The maximum atomic E-state index is 13.1. The number of rotatable bonds is 8. The molecular formula is C26H35N3O5S2. The van der Waals surface area contributed by atoms with Crippen LogP contribution in [0, 0.1) is 5.92 Å². The minimum Gasteiger partial charge on any atom is -0.378 e. The Morgan fingerprint density at radius 1 is 0.889 bits per heavy atom. The number of nitrogens with one attached hydrogen (secondary N) is 1. The molecule has 2 aliphatic heterocycles. The fourth-order valence-electron chi connectivity index (χ4n) is 4.94. The first-order chi connectivity index (χ1) is 17.1. The first-order valence-electron chi connectivity index (χ1n) is 12.6. The number of carbonyl (C=O) groups is 1. The van der Waals surface area contributed by atoms with Gasteiger partial charge in [-0.1, -0.05) is 25.5 Å². The number of hydrogen-bond acceptors (Lipinski definition) is 6. The summed E-state index contributed by atoms with van der Waals surface area (Å²) in [5, 5.41) is 3.02. The van der Waals surface area contributed by atoms with Crippen molar-refractivity contribution in [2.45, 2.75) is 61.8 Å². The van der Waals surface area contributed by atoms with Crippen molar-refractivity contribution in [3.8, 4) is 0 Å². The average Bonchev–Trinajstić information content (AvgIpc) is 2.87. The zero-order valence-electron chi connectivity index (χ0n) is 20.9. The zero-order valence-corrected chi connectivity index (χ0v) is 22.5. The summed E-state index contributed by atoms with van der Waals surface area (Å²) in [6.45, 7) is 5.46. The molecule has 2 unspecified atom stereocenters. The Balaban J connectivity index is 1.41. The van der Waals surface area contributed by atoms with Crippen LogP contribution in [0.2, 0.25) is 0 Å². The average molecular weight is 534 g/mol. The number of benzene rings is 2. The predicted octanol–water partition coefficient (Wildman–Crippen LogP) is 3.97. The maximum Gasteiger partial charge on any atom is 0.243 e. The van der Waals surface area contributed by atoms with Crippen LogP contribution in [-0.2, 0) is 20.0 Å². The minimum absolute atomic E-state index is 0.0166. The minimum atomic E-state index is -3.65. The fraction of sp³-hybridized carbons (Fsp3) is 0.500. The van der Waals surface area contributed by atoms with Crippen molar-refractivity contribution in [3.05, 3.63) is 54.1 Å². The molecule has 8 nitrogen and oxygen atoms in total. The third kappa shape index (κ3) is 5.82. The molecule has 2 fully saturated rings. The van der Waals surface area contributed by atoms with Crippen LogP contribution in [0.5, 0.6) is 0 Å². The molecule has 0 bridgehead atoms. The van der Waals surface area contributed by atoms with E-state index in [1.54, 1.807) is 40.7 Å². The van der Waals surface area contributed by atoms with Crippen molar-refractivity contribution in [1.82, 2.24) is 8.61 Å². The van der Waals surface area contributed by atoms with E-state index >= 15 is 0 Å². The van der Waals surface area contributed by atoms with Crippen LogP contribution in [-0.4, -0.2) is 63.5 Å². The van der Waals surface area contributed by atoms with E-state index in [-0.39, 0.29) is 28.2 Å². The monoisotopic (exact) mass is 533 g/mol. The number of ketones is 1. The van der Waals surface area contributed by atoms with Crippen LogP contribution in [0.1, 0.15) is 56.3 Å². The molecule has 0 aromatic heterocycles. The number of Topliss-reactive ketones (excluding diaryl/α,β-unsaturated/α-hetero) is 1. The second-order valence-corrected chi connectivity index (χ2v) is 13.7. The van der Waals surface area contributed by atoms with Crippen molar-refractivity contribution in [2.75, 3.05) is 31.5 Å². The van der Waals surface area contributed by atoms with Crippen LogP contribution in [0.4, 0.5) is 5.69 Å². The molecule has 2 aliphatic rings. The predicted molar refractivity (Wildman–Crippen MR) is 140 cm³/mol. The SMILES string of the molecule is CC1CCCN(S(=O)(=O)c2cccc(C(=O)CNc3ccc(S(=O)(=O)N4CCCCC4C)cc3)c2)C1. The molecule has 0 aliphatic carbocycles. The lowest BCUT2D eigenvalue weighted by molar-refractivity contribution is 0.101. The lowest BCUT2D eigenvalue weighted by atomic mass is 10.0. The van der Waals surface area contributed by atoms with Crippen LogP contribution in [0.25, 0.3) is 0 Å². The van der Waals surface area contributed by atoms with Crippen molar-refractivity contribution in [2.24, 2.45) is 5.92 Å². The Morgan fingerprint density at radius 2 is 1.64 bits per heavy atom. The standard InChI is InChI=1S/C26H35N3O5S2/c1-20-7-6-15-28(19-20)35(31,32)25-10-5-9-22(17-25)26(30)18-27-23-11-13-24(14-12-23)36(33,34)29-16-4-3-8-21(29)2/h5,9-14,17,20-21,27H,3-4,6-8,15-16,18-19H2,1-2H3. The Labute approximate surface area is 214 Å². The third-order valence-electron chi connectivity index (χ3n) is 7.07. The molecule has 2 saturated heterocycles. The van der Waals surface area contributed by atoms with Crippen LogP contribution >= 0.6 is 0 Å². The van der Waals surface area contributed by atoms with E-state index in [9.17, 15) is 21.6 Å². The molecule has 4 rings (SSSR count). The Hall–Kier alpha value is -2.27. The number of nitrogens with zero attached hydrogens (tertiary/aromatic N) is 2. The van der Waals surface area contributed by atoms with Gasteiger partial charge in [0.15, 0.2) is 5.78 Å². The lowest BCUT2D eigenvalue weighted by Crippen LogP contribution is -2.41. The van der Waals surface area contributed by atoms with Crippen molar-refractivity contribution < 1.29 is 21.6 Å². The van der Waals surface area contributed by atoms with E-state index in [0.717, 1.165) is 32.1 Å². The van der Waals surface area contributed by atoms with Crippen molar-refractivity contribution in [1.29, 1.82) is 0 Å². The number of hydrogen-bond donors (Lipinski definition) is 1. The summed E-state index contributed by atoms with van der Waals surface area (Å²) in [5.41, 5.74) is 0.923. The van der Waals surface area contributed by atoms with Gasteiger partial charge in [0, 0.05) is 36.9 Å². The van der Waals surface area contributed by atoms with Gasteiger partial charge in [-0.25, -0.2) is 16.8 Å². The zero-order chi connectivity index (χ0) is 25.9. The summed E-state index contributed by atoms with van der Waals surface area (Å²) in [6, 6.07) is 12.5. The van der Waals surface area contributed by atoms with Gasteiger partial charge in [0.05, 0.1) is 16.3 Å². The summed E-state index contributed by atoms with van der Waals surface area (Å²) in [5.74, 6) is 0.0603. The van der Waals surface area contributed by atoms with E-state index in [1.165, 1.54) is 16.4 Å². The highest BCUT2D eigenvalue weighted by atomic mass is 32.2. The molecule has 0 radical (unpaired) electrons. The van der Waals surface area contributed by atoms with Gasteiger partial charge in [-0.2, -0.15) is 8.61 Å². The molecule has 196 valence electrons. The smallest absolute Gasteiger partial charge is 0.243 e. The maximum absolute atomic E-state index is 13.1. The Kier molecular flexibility index (Phi) is 8.18. The second-order valence-electron chi connectivity index (χ2n) is 9.90. The summed E-state index contributed by atoms with van der Waals surface area (Å²) >= 11 is 0. The molecule has 0 amide bonds. The molecule has 1 N–H and O–H groups in total. The fourth-order valence-corrected chi connectivity index (χ4v) is 8.28. The molecular weight excluding hydrogens is 498 g/mol. The molecule has 0 spiro atoms. The molecule has 2 aromatic carbocycles. The van der Waals surface area contributed by atoms with Gasteiger partial charge in [-0.15, -0.1) is 0 Å². The molecule has 2 aromatic rings. The summed E-state index contributed by atoms with van der Waals surface area (Å²) in [7, 11) is -7.21. The molecule has 0 saturated carbocycles. The molecule has 2 atom stereocenters. The van der Waals surface area contributed by atoms with Gasteiger partial charge in [-0.05, 0) is 74.9 Å². The summed E-state index contributed by atoms with van der Waals surface area (Å²) < 4.78 is 55.2. The van der Waals surface area contributed by atoms with Crippen LogP contribution in [0.15, 0.2) is 58.3 Å². The first kappa shape index (κ1) is 26.8. The number of piperidine rings is 2. The largest absolute Gasteiger partial charge is 0.378 e. The van der Waals surface area contributed by atoms with Gasteiger partial charge in [0.1, 0.15) is 0 Å². The molecule has 36 heavy (non-hydrogen) atoms. The lowest BCUT2D eigenvalue weighted by Gasteiger charge is -2.32. The summed E-state index contributed by atoms with van der Waals surface area (Å²) in [6.07, 6.45) is 4.61. The number of anilines is 1. The normalized spacial score (nSPS) is 22.3. The highest BCUT2D eigenvalue weighted by Crippen LogP contribution is 2.26. The van der Waals surface area contributed by atoms with Crippen molar-refractivity contribution >= 4 is 31.5 Å². The highest BCUT2D eigenvalue weighted by molar-refractivity contribution is 7.89. The van der Waals surface area contributed by atoms with E-state index in [2.05, 4.69) is 5.32 Å². The van der Waals surface area contributed by atoms with Crippen LogP contribution < -0.4 is 5.32 Å². The van der Waals surface area contributed by atoms with Gasteiger partial charge in [0.25, 0.3) is 0 Å². The van der Waals surface area contributed by atoms with Crippen molar-refractivity contribution in [3.63, 3.8) is 0 Å². The first-order valence-corrected chi connectivity index (χ1v) is 15.5. The third-order valence-corrected chi connectivity index (χ3v) is 11.0. The topological polar surface area (TPSA) is 104 Å². The molecule has 2 heterocycles. The van der Waals surface area contributed by atoms with E-state index in [1.807, 2.05) is 13.8 Å². The quantitative estimate of drug-likeness (QED) is 0.515.